The largest absolute Gasteiger partial charge is 0.394 e. The van der Waals surface area contributed by atoms with Crippen molar-refractivity contribution in [3.63, 3.8) is 0 Å². The molecule has 7 atom stereocenters. The van der Waals surface area contributed by atoms with Crippen LogP contribution in [0.15, 0.2) is 0 Å². The van der Waals surface area contributed by atoms with Gasteiger partial charge in [0, 0.05) is 32.6 Å². The molecule has 14 heteroatoms. The molecule has 0 aliphatic heterocycles. The van der Waals surface area contributed by atoms with Gasteiger partial charge < -0.3 is 65.9 Å². The van der Waals surface area contributed by atoms with E-state index >= 15 is 0 Å². The van der Waals surface area contributed by atoms with E-state index in [1.165, 1.54) is 4.90 Å². The Kier molecular flexibility index (Phi) is 20.3. The second-order valence-corrected chi connectivity index (χ2v) is 7.89. The highest BCUT2D eigenvalue weighted by atomic mass is 16.5. The number of nitrogens with two attached hydrogens (primary N) is 1. The van der Waals surface area contributed by atoms with E-state index < -0.39 is 55.9 Å². The second kappa shape index (κ2) is 20.6. The highest BCUT2D eigenvalue weighted by Gasteiger charge is 2.31. The van der Waals surface area contributed by atoms with Crippen LogP contribution in [0.5, 0.6) is 0 Å². The van der Waals surface area contributed by atoms with E-state index in [1.807, 2.05) is 0 Å². The lowest BCUT2D eigenvalue weighted by Crippen LogP contribution is -2.51. The molecule has 0 aromatic heterocycles. The van der Waals surface area contributed by atoms with Gasteiger partial charge in [-0.15, -0.1) is 0 Å². The van der Waals surface area contributed by atoms with Gasteiger partial charge in [-0.2, -0.15) is 0 Å². The van der Waals surface area contributed by atoms with Crippen LogP contribution in [0.2, 0.25) is 0 Å². The summed E-state index contributed by atoms with van der Waals surface area (Å²) in [6.45, 7) is 0.761. The van der Waals surface area contributed by atoms with Gasteiger partial charge in [-0.05, 0) is 0 Å². The van der Waals surface area contributed by atoms with Crippen LogP contribution in [0, 0.1) is 0 Å². The first-order chi connectivity index (χ1) is 16.2. The summed E-state index contributed by atoms with van der Waals surface area (Å²) >= 11 is 0. The van der Waals surface area contributed by atoms with Crippen LogP contribution in [0.3, 0.4) is 0 Å². The van der Waals surface area contributed by atoms with E-state index in [0.29, 0.717) is 33.0 Å². The van der Waals surface area contributed by atoms with Gasteiger partial charge in [-0.3, -0.25) is 4.90 Å². The molecule has 0 aromatic carbocycles. The molecule has 0 radical (unpaired) electrons. The van der Waals surface area contributed by atoms with E-state index in [-0.39, 0.29) is 39.3 Å². The first-order valence-corrected chi connectivity index (χ1v) is 11.3. The van der Waals surface area contributed by atoms with Gasteiger partial charge in [0.2, 0.25) is 0 Å². The average molecular weight is 505 g/mol. The van der Waals surface area contributed by atoms with E-state index in [0.717, 1.165) is 0 Å². The Balaban J connectivity index is 4.63. The Morgan fingerprint density at radius 3 is 1.62 bits per heavy atom. The highest BCUT2D eigenvalue weighted by Crippen LogP contribution is 2.10. The first kappa shape index (κ1) is 33.4. The molecule has 0 rings (SSSR count). The number of aliphatic hydroxyl groups is 9. The molecule has 11 N–H and O–H groups in total. The molecule has 0 unspecified atom stereocenters. The van der Waals surface area contributed by atoms with E-state index in [9.17, 15) is 35.7 Å². The minimum absolute atomic E-state index is 0.101. The Morgan fingerprint density at radius 2 is 1.09 bits per heavy atom. The fourth-order valence-electron chi connectivity index (χ4n) is 2.94. The molecule has 206 valence electrons. The van der Waals surface area contributed by atoms with Crippen molar-refractivity contribution in [3.05, 3.63) is 0 Å². The van der Waals surface area contributed by atoms with Gasteiger partial charge in [0.25, 0.3) is 0 Å². The van der Waals surface area contributed by atoms with Crippen molar-refractivity contribution in [2.24, 2.45) is 5.73 Å². The van der Waals surface area contributed by atoms with Crippen LogP contribution in [-0.4, -0.2) is 173 Å². The molecule has 0 aliphatic carbocycles. The van der Waals surface area contributed by atoms with Crippen molar-refractivity contribution in [2.45, 2.75) is 49.1 Å². The van der Waals surface area contributed by atoms with Crippen LogP contribution in [0.1, 0.15) is 6.42 Å². The lowest BCUT2D eigenvalue weighted by Gasteiger charge is -2.32. The van der Waals surface area contributed by atoms with Crippen molar-refractivity contribution >= 4 is 0 Å². The minimum Gasteiger partial charge on any atom is -0.394 e. The summed E-state index contributed by atoms with van der Waals surface area (Å²) in [7, 11) is 0. The summed E-state index contributed by atoms with van der Waals surface area (Å²) in [4.78, 5) is 1.50. The molecular formula is C20H44N2O12. The fourth-order valence-corrected chi connectivity index (χ4v) is 2.94. The fraction of sp³-hybridized carbons (Fsp3) is 1.00. The minimum atomic E-state index is -1.80. The Morgan fingerprint density at radius 1 is 0.588 bits per heavy atom. The van der Waals surface area contributed by atoms with Gasteiger partial charge in [-0.25, -0.2) is 0 Å². The number of nitrogens with zero attached hydrogens (tertiary/aromatic N) is 1. The van der Waals surface area contributed by atoms with E-state index in [1.54, 1.807) is 0 Å². The Bertz CT molecular complexity index is 467. The quantitative estimate of drug-likeness (QED) is 0.0583. The van der Waals surface area contributed by atoms with Crippen LogP contribution in [0.4, 0.5) is 0 Å². The SMILES string of the molecule is NCCOCCOCCOCCN(C[C@H](O)C[C@H](O)[C@H](O)CO)C[C@H](O)[C@@H](O)[C@H](O)[C@H](O)CO. The summed E-state index contributed by atoms with van der Waals surface area (Å²) in [5.41, 5.74) is 5.30. The predicted molar refractivity (Wildman–Crippen MR) is 119 cm³/mol. The molecule has 0 saturated heterocycles. The second-order valence-electron chi connectivity index (χ2n) is 7.89. The summed E-state index contributed by atoms with van der Waals surface area (Å²) in [6, 6.07) is 0. The maximum atomic E-state index is 10.3. The molecule has 0 spiro atoms. The third-order valence-corrected chi connectivity index (χ3v) is 4.94. The van der Waals surface area contributed by atoms with E-state index in [4.69, 9.17) is 30.2 Å². The number of aliphatic hydroxyl groups excluding tert-OH is 9. The Hall–Kier alpha value is -0.560. The van der Waals surface area contributed by atoms with E-state index in [2.05, 4.69) is 0 Å². The lowest BCUT2D eigenvalue weighted by atomic mass is 10.0. The molecule has 0 saturated carbocycles. The molecule has 0 aromatic rings. The van der Waals surface area contributed by atoms with Crippen molar-refractivity contribution in [2.75, 3.05) is 79.0 Å². The summed E-state index contributed by atoms with van der Waals surface area (Å²) in [6.07, 6.45) is -11.0. The highest BCUT2D eigenvalue weighted by molar-refractivity contribution is 4.83. The predicted octanol–water partition coefficient (Wildman–Crippen LogP) is -5.80. The molecule has 0 bridgehead atoms. The van der Waals surface area contributed by atoms with Crippen molar-refractivity contribution in [3.8, 4) is 0 Å². The van der Waals surface area contributed by atoms with Crippen molar-refractivity contribution in [1.29, 1.82) is 0 Å². The van der Waals surface area contributed by atoms with Crippen molar-refractivity contribution in [1.82, 2.24) is 4.90 Å². The van der Waals surface area contributed by atoms with Gasteiger partial charge in [0.05, 0.1) is 71.2 Å². The monoisotopic (exact) mass is 504 g/mol. The zero-order chi connectivity index (χ0) is 25.9. The van der Waals surface area contributed by atoms with Gasteiger partial charge in [0.1, 0.15) is 24.4 Å². The topological polar surface area (TPSA) is 239 Å². The summed E-state index contributed by atoms with van der Waals surface area (Å²) in [5, 5.41) is 86.8. The lowest BCUT2D eigenvalue weighted by molar-refractivity contribution is -0.121. The maximum Gasteiger partial charge on any atom is 0.111 e. The molecular weight excluding hydrogens is 460 g/mol. The number of ether oxygens (including phenoxy) is 3. The zero-order valence-corrected chi connectivity index (χ0v) is 19.5. The molecule has 0 amide bonds. The summed E-state index contributed by atoms with van der Waals surface area (Å²) in [5.74, 6) is 0. The third kappa shape index (κ3) is 15.4. The number of hydrogen-bond donors (Lipinski definition) is 10. The average Bonchev–Trinajstić information content (AvgIpc) is 2.82. The van der Waals surface area contributed by atoms with Gasteiger partial charge in [-0.1, -0.05) is 0 Å². The van der Waals surface area contributed by atoms with Crippen LogP contribution < -0.4 is 5.73 Å². The third-order valence-electron chi connectivity index (χ3n) is 4.94. The van der Waals surface area contributed by atoms with Crippen LogP contribution >= 0.6 is 0 Å². The van der Waals surface area contributed by atoms with Gasteiger partial charge in [0.15, 0.2) is 0 Å². The molecule has 0 aliphatic rings. The Labute approximate surface area is 199 Å². The number of hydrogen-bond acceptors (Lipinski definition) is 14. The molecule has 14 nitrogen and oxygen atoms in total. The normalized spacial score (nSPS) is 18.4. The maximum absolute atomic E-state index is 10.3. The standard InChI is InChI=1S/C20H44N2O12/c21-1-3-32-5-7-34-8-6-33-4-2-22(10-14(25)9-15(26)17(28)12-23)11-16(27)19(30)20(31)18(29)13-24/h14-20,23-31H,1-13,21H2/t14-,15+,16+,17-,18-,19-,20-/m1/s1. The molecule has 0 fully saturated rings. The molecule has 34 heavy (non-hydrogen) atoms. The smallest absolute Gasteiger partial charge is 0.111 e. The molecule has 0 heterocycles. The zero-order valence-electron chi connectivity index (χ0n) is 19.5. The number of rotatable bonds is 23. The van der Waals surface area contributed by atoms with Gasteiger partial charge >= 0.3 is 0 Å². The van der Waals surface area contributed by atoms with Crippen molar-refractivity contribution < 1.29 is 60.2 Å². The summed E-state index contributed by atoms with van der Waals surface area (Å²) < 4.78 is 15.9. The van der Waals surface area contributed by atoms with Crippen LogP contribution in [-0.2, 0) is 14.2 Å². The first-order valence-electron chi connectivity index (χ1n) is 11.3. The van der Waals surface area contributed by atoms with Crippen LogP contribution in [0.25, 0.3) is 0 Å².